The predicted molar refractivity (Wildman–Crippen MR) is 107 cm³/mol. The molecule has 0 aliphatic carbocycles. The van der Waals surface area contributed by atoms with E-state index in [4.69, 9.17) is 9.47 Å². The molecule has 7 heteroatoms. The van der Waals surface area contributed by atoms with Gasteiger partial charge in [-0.2, -0.15) is 0 Å². The molecule has 0 unspecified atom stereocenters. The number of hydrogen-bond donors (Lipinski definition) is 3. The number of nitrogens with one attached hydrogen (secondary N) is 3. The molecule has 3 rings (SSSR count). The summed E-state index contributed by atoms with van der Waals surface area (Å²) in [5.74, 6) is 0.400. The van der Waals surface area contributed by atoms with Gasteiger partial charge in [0.05, 0.1) is 13.7 Å². The largest absolute Gasteiger partial charge is 0.493 e. The zero-order valence-corrected chi connectivity index (χ0v) is 15.7. The Kier molecular flexibility index (Phi) is 6.51. The van der Waals surface area contributed by atoms with Crippen LogP contribution in [-0.2, 0) is 16.0 Å². The molecule has 0 saturated carbocycles. The number of benzene rings is 2. The average Bonchev–Trinajstić information content (AvgIpc) is 3.14. The Morgan fingerprint density at radius 2 is 1.71 bits per heavy atom. The fourth-order valence-corrected chi connectivity index (χ4v) is 2.85. The van der Waals surface area contributed by atoms with Crippen LogP contribution in [0.25, 0.3) is 10.9 Å². The second kappa shape index (κ2) is 9.45. The van der Waals surface area contributed by atoms with Gasteiger partial charge in [0.15, 0.2) is 18.1 Å². The molecule has 0 aliphatic rings. The van der Waals surface area contributed by atoms with Gasteiger partial charge in [0, 0.05) is 23.6 Å². The van der Waals surface area contributed by atoms with Crippen molar-refractivity contribution in [3.63, 3.8) is 0 Å². The Labute approximate surface area is 163 Å². The Morgan fingerprint density at radius 3 is 2.54 bits per heavy atom. The normalized spacial score (nSPS) is 10.5. The van der Waals surface area contributed by atoms with Crippen molar-refractivity contribution >= 4 is 22.7 Å². The van der Waals surface area contributed by atoms with E-state index in [0.717, 1.165) is 16.5 Å². The van der Waals surface area contributed by atoms with E-state index >= 15 is 0 Å². The molecule has 2 amide bonds. The molecule has 1 heterocycles. The highest BCUT2D eigenvalue weighted by Crippen LogP contribution is 2.25. The van der Waals surface area contributed by atoms with E-state index < -0.39 is 0 Å². The van der Waals surface area contributed by atoms with E-state index in [1.807, 2.05) is 36.5 Å². The minimum atomic E-state index is -0.377. The van der Waals surface area contributed by atoms with E-state index in [9.17, 15) is 9.59 Å². The smallest absolute Gasteiger partial charge is 0.258 e. The summed E-state index contributed by atoms with van der Waals surface area (Å²) in [4.78, 5) is 27.0. The molecular formula is C21H23N3O4. The van der Waals surface area contributed by atoms with Crippen molar-refractivity contribution in [3.8, 4) is 11.5 Å². The van der Waals surface area contributed by atoms with Crippen molar-refractivity contribution in [2.45, 2.75) is 6.42 Å². The van der Waals surface area contributed by atoms with Crippen LogP contribution in [0.1, 0.15) is 5.56 Å². The molecule has 2 aromatic carbocycles. The lowest BCUT2D eigenvalue weighted by molar-refractivity contribution is -0.127. The van der Waals surface area contributed by atoms with Crippen molar-refractivity contribution in [3.05, 3.63) is 60.3 Å². The van der Waals surface area contributed by atoms with Crippen LogP contribution in [0.15, 0.2) is 54.7 Å². The van der Waals surface area contributed by atoms with Crippen molar-refractivity contribution in [2.75, 3.05) is 26.8 Å². The van der Waals surface area contributed by atoms with Crippen LogP contribution in [0.5, 0.6) is 11.5 Å². The molecule has 146 valence electrons. The lowest BCUT2D eigenvalue weighted by atomic mass is 10.1. The molecule has 1 aromatic heterocycles. The van der Waals surface area contributed by atoms with E-state index in [-0.39, 0.29) is 25.0 Å². The van der Waals surface area contributed by atoms with Gasteiger partial charge in [-0.3, -0.25) is 9.59 Å². The zero-order chi connectivity index (χ0) is 19.8. The molecule has 0 saturated heterocycles. The lowest BCUT2D eigenvalue weighted by Crippen LogP contribution is -2.39. The number of ether oxygens (including phenoxy) is 2. The van der Waals surface area contributed by atoms with E-state index in [1.165, 1.54) is 7.11 Å². The topological polar surface area (TPSA) is 92.4 Å². The summed E-state index contributed by atoms with van der Waals surface area (Å²) >= 11 is 0. The second-order valence-electron chi connectivity index (χ2n) is 6.18. The Morgan fingerprint density at radius 1 is 0.964 bits per heavy atom. The third-order valence-corrected chi connectivity index (χ3v) is 4.27. The number of carbonyl (C=O) groups excluding carboxylic acids is 2. The molecule has 28 heavy (non-hydrogen) atoms. The maximum Gasteiger partial charge on any atom is 0.258 e. The summed E-state index contributed by atoms with van der Waals surface area (Å²) in [5, 5.41) is 6.50. The minimum Gasteiger partial charge on any atom is -0.493 e. The van der Waals surface area contributed by atoms with E-state index in [0.29, 0.717) is 24.5 Å². The number of hydrogen-bond acceptors (Lipinski definition) is 4. The second-order valence-corrected chi connectivity index (χ2v) is 6.18. The number of carbonyl (C=O) groups is 2. The maximum atomic E-state index is 11.9. The van der Waals surface area contributed by atoms with E-state index in [2.05, 4.69) is 15.6 Å². The van der Waals surface area contributed by atoms with Crippen molar-refractivity contribution < 1.29 is 19.1 Å². The fraction of sp³-hybridized carbons (Fsp3) is 0.238. The van der Waals surface area contributed by atoms with Crippen molar-refractivity contribution in [2.24, 2.45) is 0 Å². The third kappa shape index (κ3) is 5.03. The van der Waals surface area contributed by atoms with Gasteiger partial charge in [0.2, 0.25) is 5.91 Å². The molecule has 0 spiro atoms. The third-order valence-electron chi connectivity index (χ3n) is 4.27. The lowest BCUT2D eigenvalue weighted by Gasteiger charge is -2.10. The highest BCUT2D eigenvalue weighted by molar-refractivity contribution is 5.85. The van der Waals surface area contributed by atoms with Gasteiger partial charge in [-0.25, -0.2) is 0 Å². The maximum absolute atomic E-state index is 11.9. The van der Waals surface area contributed by atoms with Crippen LogP contribution in [0.2, 0.25) is 0 Å². The van der Waals surface area contributed by atoms with Crippen LogP contribution >= 0.6 is 0 Å². The monoisotopic (exact) mass is 381 g/mol. The molecule has 3 aromatic rings. The first kappa shape index (κ1) is 19.3. The highest BCUT2D eigenvalue weighted by Gasteiger charge is 2.09. The van der Waals surface area contributed by atoms with Gasteiger partial charge in [0.1, 0.15) is 0 Å². The molecule has 3 N–H and O–H groups in total. The Balaban J connectivity index is 1.36. The summed E-state index contributed by atoms with van der Waals surface area (Å²) in [7, 11) is 1.53. The standard InChI is InChI=1S/C21H23N3O4/c1-27-18-8-4-5-9-19(18)28-14-21(26)24-13-20(25)22-11-10-15-12-23-17-7-3-2-6-16(15)17/h2-9,12,23H,10-11,13-14H2,1H3,(H,22,25)(H,24,26). The van der Waals surface area contributed by atoms with Crippen molar-refractivity contribution in [1.29, 1.82) is 0 Å². The Bertz CT molecular complexity index is 951. The van der Waals surface area contributed by atoms with E-state index in [1.54, 1.807) is 18.2 Å². The van der Waals surface area contributed by atoms with Crippen LogP contribution in [0.4, 0.5) is 0 Å². The molecule has 0 radical (unpaired) electrons. The molecule has 7 nitrogen and oxygen atoms in total. The van der Waals surface area contributed by atoms with Gasteiger partial charge in [-0.05, 0) is 30.2 Å². The first-order valence-electron chi connectivity index (χ1n) is 9.01. The SMILES string of the molecule is COc1ccccc1OCC(=O)NCC(=O)NCCc1c[nH]c2ccccc12. The van der Waals surface area contributed by atoms with Crippen molar-refractivity contribution in [1.82, 2.24) is 15.6 Å². The zero-order valence-electron chi connectivity index (χ0n) is 15.7. The average molecular weight is 381 g/mol. The summed E-state index contributed by atoms with van der Waals surface area (Å²) in [6.45, 7) is 0.208. The van der Waals surface area contributed by atoms with Gasteiger partial charge in [0.25, 0.3) is 5.91 Å². The highest BCUT2D eigenvalue weighted by atomic mass is 16.5. The molecule has 0 bridgehead atoms. The number of H-pyrrole nitrogens is 1. The first-order chi connectivity index (χ1) is 13.7. The number of para-hydroxylation sites is 3. The van der Waals surface area contributed by atoms with Crippen LogP contribution in [0, 0.1) is 0 Å². The van der Waals surface area contributed by atoms with Gasteiger partial charge >= 0.3 is 0 Å². The quantitative estimate of drug-likeness (QED) is 0.529. The number of amides is 2. The number of aromatic amines is 1. The molecule has 0 aliphatic heterocycles. The van der Waals surface area contributed by atoms with Crippen LogP contribution in [-0.4, -0.2) is 43.6 Å². The number of rotatable bonds is 9. The predicted octanol–water partition coefficient (Wildman–Crippen LogP) is 2.03. The Hall–Kier alpha value is -3.48. The molecular weight excluding hydrogens is 358 g/mol. The number of fused-ring (bicyclic) bond motifs is 1. The van der Waals surface area contributed by atoms with Crippen LogP contribution in [0.3, 0.4) is 0 Å². The molecule has 0 fully saturated rings. The van der Waals surface area contributed by atoms with Gasteiger partial charge in [-0.1, -0.05) is 30.3 Å². The fourth-order valence-electron chi connectivity index (χ4n) is 2.85. The number of aromatic nitrogens is 1. The summed E-state index contributed by atoms with van der Waals surface area (Å²) < 4.78 is 10.6. The summed E-state index contributed by atoms with van der Waals surface area (Å²) in [6, 6.07) is 15.1. The summed E-state index contributed by atoms with van der Waals surface area (Å²) in [5.41, 5.74) is 2.22. The first-order valence-corrected chi connectivity index (χ1v) is 9.01. The molecule has 0 atom stereocenters. The van der Waals surface area contributed by atoms with Gasteiger partial charge in [-0.15, -0.1) is 0 Å². The van der Waals surface area contributed by atoms with Crippen LogP contribution < -0.4 is 20.1 Å². The minimum absolute atomic E-state index is 0.0952. The summed E-state index contributed by atoms with van der Waals surface area (Å²) in [6.07, 6.45) is 2.66. The number of methoxy groups -OCH3 is 1. The van der Waals surface area contributed by atoms with Gasteiger partial charge < -0.3 is 25.1 Å².